The molecule has 5 nitrogen and oxygen atoms in total. The third-order valence-electron chi connectivity index (χ3n) is 4.02. The Labute approximate surface area is 106 Å². The quantitative estimate of drug-likeness (QED) is 0.554. The number of hydrogen-bond donors (Lipinski definition) is 0. The highest BCUT2D eigenvalue weighted by atomic mass is 16.7. The molecular formula is C13H19NO4. The zero-order valence-electron chi connectivity index (χ0n) is 10.6. The Morgan fingerprint density at radius 1 is 1.11 bits per heavy atom. The summed E-state index contributed by atoms with van der Waals surface area (Å²) in [5.74, 6) is -0.299. The number of carbonyl (C=O) groups excluding carboxylic acids is 3. The molecule has 2 rings (SSSR count). The van der Waals surface area contributed by atoms with Gasteiger partial charge in [-0.2, -0.15) is 0 Å². The molecule has 2 saturated carbocycles. The number of carbonyl (C=O) groups is 3. The van der Waals surface area contributed by atoms with Crippen LogP contribution in [0.1, 0.15) is 45.4 Å². The number of nitrogens with zero attached hydrogens (tertiary/aromatic N) is 1. The first-order valence-corrected chi connectivity index (χ1v) is 6.62. The predicted molar refractivity (Wildman–Crippen MR) is 62.8 cm³/mol. The van der Waals surface area contributed by atoms with Crippen LogP contribution in [0.4, 0.5) is 0 Å². The number of imide groups is 1. The van der Waals surface area contributed by atoms with E-state index in [1.54, 1.807) is 0 Å². The van der Waals surface area contributed by atoms with Crippen molar-refractivity contribution >= 4 is 18.3 Å². The minimum Gasteiger partial charge on any atom is -0.330 e. The third kappa shape index (κ3) is 2.71. The molecule has 100 valence electrons. The van der Waals surface area contributed by atoms with Crippen molar-refractivity contribution in [2.75, 3.05) is 0 Å². The normalized spacial score (nSPS) is 30.4. The van der Waals surface area contributed by atoms with Crippen LogP contribution in [-0.2, 0) is 19.2 Å². The summed E-state index contributed by atoms with van der Waals surface area (Å²) in [6, 6.07) is 0. The van der Waals surface area contributed by atoms with Crippen LogP contribution in [0.15, 0.2) is 0 Å². The molecule has 0 N–H and O–H groups in total. The van der Waals surface area contributed by atoms with Crippen molar-refractivity contribution in [3.63, 3.8) is 0 Å². The molecule has 0 spiro atoms. The van der Waals surface area contributed by atoms with Crippen molar-refractivity contribution in [3.05, 3.63) is 0 Å². The fraction of sp³-hybridized carbons (Fsp3) is 0.769. The average Bonchev–Trinajstić information content (AvgIpc) is 2.96. The van der Waals surface area contributed by atoms with Crippen LogP contribution in [0.2, 0.25) is 0 Å². The van der Waals surface area contributed by atoms with E-state index >= 15 is 0 Å². The summed E-state index contributed by atoms with van der Waals surface area (Å²) in [6.45, 7) is 1.19. The van der Waals surface area contributed by atoms with E-state index in [0.717, 1.165) is 25.7 Å². The van der Waals surface area contributed by atoms with Crippen LogP contribution in [0, 0.1) is 17.8 Å². The summed E-state index contributed by atoms with van der Waals surface area (Å²) >= 11 is 0. The Hall–Kier alpha value is -1.39. The SMILES string of the molecule is CC(=O)N(C=O)OC(=O)C1C2CCCCCCC21. The molecule has 0 aliphatic heterocycles. The van der Waals surface area contributed by atoms with Crippen LogP contribution in [0.3, 0.4) is 0 Å². The second kappa shape index (κ2) is 5.50. The van der Waals surface area contributed by atoms with E-state index in [0.29, 0.717) is 16.9 Å². The van der Waals surface area contributed by atoms with E-state index in [2.05, 4.69) is 0 Å². The molecule has 2 unspecified atom stereocenters. The largest absolute Gasteiger partial charge is 0.336 e. The molecule has 0 radical (unpaired) electrons. The van der Waals surface area contributed by atoms with Gasteiger partial charge in [0.15, 0.2) is 0 Å². The molecule has 0 saturated heterocycles. The molecule has 0 aromatic carbocycles. The maximum atomic E-state index is 11.9. The van der Waals surface area contributed by atoms with Crippen molar-refractivity contribution in [1.82, 2.24) is 5.06 Å². The smallest absolute Gasteiger partial charge is 0.330 e. The van der Waals surface area contributed by atoms with Gasteiger partial charge < -0.3 is 4.84 Å². The fourth-order valence-corrected chi connectivity index (χ4v) is 3.01. The summed E-state index contributed by atoms with van der Waals surface area (Å²) in [7, 11) is 0. The number of fused-ring (bicyclic) bond motifs is 1. The highest BCUT2D eigenvalue weighted by Gasteiger charge is 2.55. The van der Waals surface area contributed by atoms with Gasteiger partial charge in [0, 0.05) is 6.92 Å². The van der Waals surface area contributed by atoms with E-state index in [1.807, 2.05) is 0 Å². The van der Waals surface area contributed by atoms with Gasteiger partial charge in [-0.1, -0.05) is 25.7 Å². The lowest BCUT2D eigenvalue weighted by Gasteiger charge is -2.11. The van der Waals surface area contributed by atoms with E-state index < -0.39 is 11.9 Å². The monoisotopic (exact) mass is 253 g/mol. The van der Waals surface area contributed by atoms with E-state index in [-0.39, 0.29) is 12.3 Å². The molecule has 2 aliphatic rings. The molecule has 5 heteroatoms. The van der Waals surface area contributed by atoms with E-state index in [4.69, 9.17) is 4.84 Å². The summed E-state index contributed by atoms with van der Waals surface area (Å²) < 4.78 is 0. The van der Waals surface area contributed by atoms with Gasteiger partial charge in [0.1, 0.15) is 0 Å². The fourth-order valence-electron chi connectivity index (χ4n) is 3.01. The van der Waals surface area contributed by atoms with Crippen molar-refractivity contribution in [2.45, 2.75) is 45.4 Å². The lowest BCUT2D eigenvalue weighted by molar-refractivity contribution is -0.197. The van der Waals surface area contributed by atoms with Crippen molar-refractivity contribution < 1.29 is 19.2 Å². The summed E-state index contributed by atoms with van der Waals surface area (Å²) in [5.41, 5.74) is 0. The highest BCUT2D eigenvalue weighted by molar-refractivity contribution is 5.86. The Morgan fingerprint density at radius 3 is 2.11 bits per heavy atom. The van der Waals surface area contributed by atoms with E-state index in [1.165, 1.54) is 19.8 Å². The maximum Gasteiger partial charge on any atom is 0.336 e. The molecule has 2 fully saturated rings. The number of amides is 2. The van der Waals surface area contributed by atoms with Crippen LogP contribution >= 0.6 is 0 Å². The molecule has 0 aromatic rings. The maximum absolute atomic E-state index is 11.9. The Kier molecular flexibility index (Phi) is 3.99. The topological polar surface area (TPSA) is 63.7 Å². The first-order valence-electron chi connectivity index (χ1n) is 6.62. The van der Waals surface area contributed by atoms with Gasteiger partial charge in [-0.05, 0) is 24.7 Å². The van der Waals surface area contributed by atoms with Gasteiger partial charge in [0.25, 0.3) is 12.3 Å². The van der Waals surface area contributed by atoms with Crippen LogP contribution in [0.25, 0.3) is 0 Å². The van der Waals surface area contributed by atoms with Crippen LogP contribution in [0.5, 0.6) is 0 Å². The lowest BCUT2D eigenvalue weighted by Crippen LogP contribution is -2.31. The molecule has 2 atom stereocenters. The molecule has 18 heavy (non-hydrogen) atoms. The van der Waals surface area contributed by atoms with Crippen LogP contribution < -0.4 is 0 Å². The Morgan fingerprint density at radius 2 is 1.67 bits per heavy atom. The zero-order chi connectivity index (χ0) is 13.1. The first-order chi connectivity index (χ1) is 8.65. The van der Waals surface area contributed by atoms with E-state index in [9.17, 15) is 14.4 Å². The van der Waals surface area contributed by atoms with Gasteiger partial charge in [-0.3, -0.25) is 9.59 Å². The van der Waals surface area contributed by atoms with Crippen molar-refractivity contribution in [2.24, 2.45) is 17.8 Å². The number of rotatable bonds is 2. The highest BCUT2D eigenvalue weighted by Crippen LogP contribution is 2.54. The second-order valence-electron chi connectivity index (χ2n) is 5.21. The minimum absolute atomic E-state index is 0.107. The van der Waals surface area contributed by atoms with Crippen molar-refractivity contribution in [3.8, 4) is 0 Å². The first kappa shape index (κ1) is 13.1. The zero-order valence-corrected chi connectivity index (χ0v) is 10.6. The molecule has 2 aliphatic carbocycles. The minimum atomic E-state index is -0.573. The summed E-state index contributed by atoms with van der Waals surface area (Å²) in [6.07, 6.45) is 7.16. The van der Waals surface area contributed by atoms with Crippen LogP contribution in [-0.4, -0.2) is 23.3 Å². The van der Waals surface area contributed by atoms with Gasteiger partial charge in [-0.25, -0.2) is 4.79 Å². The average molecular weight is 253 g/mol. The van der Waals surface area contributed by atoms with Gasteiger partial charge in [0.05, 0.1) is 5.92 Å². The Bertz CT molecular complexity index is 341. The molecule has 0 aromatic heterocycles. The van der Waals surface area contributed by atoms with Gasteiger partial charge in [-0.15, -0.1) is 5.06 Å². The second-order valence-corrected chi connectivity index (χ2v) is 5.21. The summed E-state index contributed by atoms with van der Waals surface area (Å²) in [4.78, 5) is 38.3. The molecular weight excluding hydrogens is 234 g/mol. The van der Waals surface area contributed by atoms with Gasteiger partial charge in [0.2, 0.25) is 0 Å². The lowest BCUT2D eigenvalue weighted by atomic mass is 10.0. The Balaban J connectivity index is 1.90. The molecule has 2 amide bonds. The van der Waals surface area contributed by atoms with Crippen molar-refractivity contribution in [1.29, 1.82) is 0 Å². The molecule has 0 bridgehead atoms. The number of hydrogen-bond acceptors (Lipinski definition) is 4. The predicted octanol–water partition coefficient (Wildman–Crippen LogP) is 1.67. The standard InChI is InChI=1S/C13H19NO4/c1-9(16)14(8-15)18-13(17)12-10-6-4-2-3-5-7-11(10)12/h8,10-12H,2-7H2,1H3. The summed E-state index contributed by atoms with van der Waals surface area (Å²) in [5, 5.41) is 0.481. The molecule has 0 heterocycles. The number of hydroxylamine groups is 2. The third-order valence-corrected chi connectivity index (χ3v) is 4.02. The van der Waals surface area contributed by atoms with Gasteiger partial charge >= 0.3 is 5.97 Å².